The number of likely N-dealkylation sites (tertiary alicyclic amines) is 2. The number of pyridine rings is 1. The smallest absolute Gasteiger partial charge is 0.407 e. The van der Waals surface area contributed by atoms with Crippen LogP contribution in [0.5, 0.6) is 11.5 Å². The molecule has 0 aliphatic carbocycles. The van der Waals surface area contributed by atoms with Gasteiger partial charge in [-0.3, -0.25) is 9.59 Å². The number of ether oxygens (including phenoxy) is 2. The van der Waals surface area contributed by atoms with Crippen molar-refractivity contribution in [2.45, 2.75) is 77.0 Å². The van der Waals surface area contributed by atoms with Crippen molar-refractivity contribution in [2.24, 2.45) is 0 Å². The van der Waals surface area contributed by atoms with Crippen LogP contribution in [0.3, 0.4) is 0 Å². The number of carbonyl (C=O) groups is 2. The molecule has 2 amide bonds. The topological polar surface area (TPSA) is 96.4 Å². The molecule has 0 saturated carbocycles. The number of amides is 2. The number of nitrogens with one attached hydrogen (secondary N) is 1. The summed E-state index contributed by atoms with van der Waals surface area (Å²) in [5.74, 6) is -0.228. The average Bonchev–Trinajstić information content (AvgIpc) is 3.55. The molecule has 262 valence electrons. The van der Waals surface area contributed by atoms with Gasteiger partial charge in [-0.1, -0.05) is 30.7 Å². The van der Waals surface area contributed by atoms with Gasteiger partial charge in [0.15, 0.2) is 17.3 Å². The molecule has 4 aliphatic rings. The first-order valence-electron chi connectivity index (χ1n) is 17.9. The second kappa shape index (κ2) is 12.6. The van der Waals surface area contributed by atoms with Gasteiger partial charge in [0.2, 0.25) is 5.43 Å². The number of hydrogen-bond acceptors (Lipinski definition) is 7. The first-order valence-corrected chi connectivity index (χ1v) is 17.9. The summed E-state index contributed by atoms with van der Waals surface area (Å²) in [7, 11) is 0. The zero-order valence-electron chi connectivity index (χ0n) is 29.0. The third-order valence-electron chi connectivity index (χ3n) is 10.6. The highest BCUT2D eigenvalue weighted by Gasteiger charge is 2.36. The van der Waals surface area contributed by atoms with Crippen LogP contribution < -0.4 is 20.4 Å². The van der Waals surface area contributed by atoms with Crippen molar-refractivity contribution < 1.29 is 23.5 Å². The number of carbonyl (C=O) groups excluding carboxylic acids is 2. The molecule has 3 fully saturated rings. The molecular formula is C39H44FN5O5. The Balaban J connectivity index is 1.18. The van der Waals surface area contributed by atoms with Crippen LogP contribution in [0.15, 0.2) is 53.5 Å². The lowest BCUT2D eigenvalue weighted by Crippen LogP contribution is -2.48. The fraction of sp³-hybridized carbons (Fsp3) is 0.462. The Bertz CT molecular complexity index is 2060. The summed E-state index contributed by atoms with van der Waals surface area (Å²) in [6.45, 7) is 9.57. The van der Waals surface area contributed by atoms with Gasteiger partial charge in [0, 0.05) is 38.4 Å². The SMILES string of the molecule is CC(C)(C)OC(=O)NC1CCN(c2c(F)cc3c(=O)c(C(=O)N4CCC(N5CCCCC5)CC4)cn4c3c2Oc2cc3ccccc3cc2-4)C1. The number of piperidine rings is 2. The van der Waals surface area contributed by atoms with Gasteiger partial charge in [0.25, 0.3) is 5.91 Å². The zero-order valence-corrected chi connectivity index (χ0v) is 29.0. The van der Waals surface area contributed by atoms with Crippen LogP contribution in [0.1, 0.15) is 69.7 Å². The normalized spacial score (nSPS) is 19.8. The van der Waals surface area contributed by atoms with Gasteiger partial charge in [-0.2, -0.15) is 0 Å². The Morgan fingerprint density at radius 3 is 2.38 bits per heavy atom. The second-order valence-electron chi connectivity index (χ2n) is 15.1. The van der Waals surface area contributed by atoms with Crippen molar-refractivity contribution in [1.29, 1.82) is 0 Å². The van der Waals surface area contributed by atoms with Crippen molar-refractivity contribution in [3.8, 4) is 17.2 Å². The van der Waals surface area contributed by atoms with Gasteiger partial charge in [0.1, 0.15) is 22.4 Å². The van der Waals surface area contributed by atoms with Gasteiger partial charge in [-0.15, -0.1) is 0 Å². The second-order valence-corrected chi connectivity index (χ2v) is 15.1. The summed E-state index contributed by atoms with van der Waals surface area (Å²) in [4.78, 5) is 47.0. The number of rotatable bonds is 4. The highest BCUT2D eigenvalue weighted by molar-refractivity contribution is 6.02. The monoisotopic (exact) mass is 681 g/mol. The fourth-order valence-corrected chi connectivity index (χ4v) is 8.18. The van der Waals surface area contributed by atoms with E-state index in [4.69, 9.17) is 9.47 Å². The number of anilines is 1. The van der Waals surface area contributed by atoms with E-state index in [0.717, 1.165) is 36.7 Å². The molecule has 50 heavy (non-hydrogen) atoms. The Morgan fingerprint density at radius 1 is 0.940 bits per heavy atom. The summed E-state index contributed by atoms with van der Waals surface area (Å²) < 4.78 is 30.3. The van der Waals surface area contributed by atoms with E-state index in [-0.39, 0.29) is 34.3 Å². The van der Waals surface area contributed by atoms with Crippen LogP contribution in [0.2, 0.25) is 0 Å². The van der Waals surface area contributed by atoms with Crippen LogP contribution >= 0.6 is 0 Å². The highest BCUT2D eigenvalue weighted by Crippen LogP contribution is 2.48. The molecule has 4 aromatic rings. The molecule has 1 unspecified atom stereocenters. The van der Waals surface area contributed by atoms with E-state index in [2.05, 4.69) is 10.2 Å². The van der Waals surface area contributed by atoms with Crippen LogP contribution in [-0.2, 0) is 4.74 Å². The maximum Gasteiger partial charge on any atom is 0.407 e. The summed E-state index contributed by atoms with van der Waals surface area (Å²) in [6.07, 6.45) is 7.14. The predicted octanol–water partition coefficient (Wildman–Crippen LogP) is 6.58. The Morgan fingerprint density at radius 2 is 1.66 bits per heavy atom. The summed E-state index contributed by atoms with van der Waals surface area (Å²) >= 11 is 0. The maximum absolute atomic E-state index is 16.4. The molecular weight excluding hydrogens is 637 g/mol. The first kappa shape index (κ1) is 32.6. The quantitative estimate of drug-likeness (QED) is 0.229. The Labute approximate surface area is 290 Å². The van der Waals surface area contributed by atoms with Gasteiger partial charge in [-0.25, -0.2) is 9.18 Å². The first-order chi connectivity index (χ1) is 24.0. The Kier molecular flexibility index (Phi) is 8.20. The zero-order chi connectivity index (χ0) is 34.7. The molecule has 1 aromatic heterocycles. The molecule has 5 heterocycles. The van der Waals surface area contributed by atoms with Crippen LogP contribution in [0, 0.1) is 5.82 Å². The van der Waals surface area contributed by atoms with E-state index < -0.39 is 22.9 Å². The van der Waals surface area contributed by atoms with Crippen LogP contribution in [0.4, 0.5) is 14.9 Å². The predicted molar refractivity (Wildman–Crippen MR) is 191 cm³/mol. The molecule has 0 spiro atoms. The van der Waals surface area contributed by atoms with Crippen LogP contribution in [0.25, 0.3) is 27.4 Å². The molecule has 11 heteroatoms. The number of fused-ring (bicyclic) bond motifs is 3. The molecule has 1 atom stereocenters. The lowest BCUT2D eigenvalue weighted by atomic mass is 9.99. The van der Waals surface area contributed by atoms with Crippen molar-refractivity contribution in [3.05, 3.63) is 70.3 Å². The standard InChI is InChI=1S/C39H44FN5O5/c1-39(2,3)50-38(48)41-26-11-16-44(22-26)34-30(40)21-28-33-36(34)49-32-20-25-10-6-5-9-24(25)19-31(32)45(33)23-29(35(28)46)37(47)43-17-12-27(13-18-43)42-14-7-4-8-15-42/h5-6,9-10,19-21,23,26-27H,4,7-8,11-18,22H2,1-3H3,(H,41,48). The number of aromatic nitrogens is 1. The minimum atomic E-state index is -0.643. The van der Waals surface area contributed by atoms with Gasteiger partial charge < -0.3 is 34.1 Å². The van der Waals surface area contributed by atoms with Crippen molar-refractivity contribution in [1.82, 2.24) is 19.7 Å². The Hall–Kier alpha value is -4.64. The molecule has 8 rings (SSSR count). The molecule has 3 aromatic carbocycles. The van der Waals surface area contributed by atoms with Gasteiger partial charge >= 0.3 is 6.09 Å². The van der Waals surface area contributed by atoms with Crippen LogP contribution in [-0.4, -0.2) is 83.3 Å². The molecule has 3 saturated heterocycles. The average molecular weight is 682 g/mol. The number of nitrogens with zero attached hydrogens (tertiary/aromatic N) is 4. The highest BCUT2D eigenvalue weighted by atomic mass is 19.1. The number of hydrogen-bond donors (Lipinski definition) is 1. The minimum absolute atomic E-state index is 0.0239. The summed E-state index contributed by atoms with van der Waals surface area (Å²) in [5, 5.41) is 4.91. The van der Waals surface area contributed by atoms with Gasteiger partial charge in [-0.05, 0) is 94.9 Å². The number of halogens is 1. The molecule has 0 bridgehead atoms. The van der Waals surface area contributed by atoms with E-state index in [1.807, 2.05) is 45.9 Å². The van der Waals surface area contributed by atoms with E-state index >= 15 is 4.39 Å². The minimum Gasteiger partial charge on any atom is -0.451 e. The fourth-order valence-electron chi connectivity index (χ4n) is 8.18. The van der Waals surface area contributed by atoms with Crippen molar-refractivity contribution in [3.63, 3.8) is 0 Å². The molecule has 1 N–H and O–H groups in total. The summed E-state index contributed by atoms with van der Waals surface area (Å²) in [5.41, 5.74) is 0.175. The van der Waals surface area contributed by atoms with Crippen molar-refractivity contribution >= 4 is 39.4 Å². The molecule has 0 radical (unpaired) electrons. The van der Waals surface area contributed by atoms with E-state index in [1.165, 1.54) is 25.3 Å². The van der Waals surface area contributed by atoms with E-state index in [0.29, 0.717) is 55.6 Å². The molecule has 10 nitrogen and oxygen atoms in total. The largest absolute Gasteiger partial charge is 0.451 e. The lowest BCUT2D eigenvalue weighted by Gasteiger charge is -2.40. The maximum atomic E-state index is 16.4. The third kappa shape index (κ3) is 5.95. The molecule has 4 aliphatic heterocycles. The van der Waals surface area contributed by atoms with Gasteiger partial charge in [0.05, 0.1) is 17.1 Å². The lowest BCUT2D eigenvalue weighted by molar-refractivity contribution is 0.0508. The number of benzene rings is 3. The summed E-state index contributed by atoms with van der Waals surface area (Å²) in [6, 6.07) is 13.2. The number of alkyl carbamates (subject to hydrolysis) is 1. The van der Waals surface area contributed by atoms with Crippen molar-refractivity contribution in [2.75, 3.05) is 44.2 Å². The van der Waals surface area contributed by atoms with E-state index in [9.17, 15) is 14.4 Å². The third-order valence-corrected chi connectivity index (χ3v) is 10.6. The van der Waals surface area contributed by atoms with E-state index in [1.54, 1.807) is 31.9 Å².